The van der Waals surface area contributed by atoms with Gasteiger partial charge in [-0.05, 0) is 25.0 Å². The van der Waals surface area contributed by atoms with E-state index in [-0.39, 0.29) is 12.0 Å². The summed E-state index contributed by atoms with van der Waals surface area (Å²) in [6.07, 6.45) is 1.41. The van der Waals surface area contributed by atoms with Crippen LogP contribution in [0.4, 0.5) is 5.13 Å². The number of rotatable bonds is 3. The first-order valence-electron chi connectivity index (χ1n) is 6.36. The zero-order valence-corrected chi connectivity index (χ0v) is 13.0. The smallest absolute Gasteiger partial charge is 0.255 e. The molecule has 0 aliphatic carbocycles. The highest BCUT2D eigenvalue weighted by Gasteiger charge is 2.24. The Morgan fingerprint density at radius 1 is 1.40 bits per heavy atom. The minimum Gasteiger partial charge on any atom is -0.368 e. The maximum absolute atomic E-state index is 11.9. The Hall–Kier alpha value is -1.24. The highest BCUT2D eigenvalue weighted by Crippen LogP contribution is 2.26. The molecular weight excluding hydrogens is 340 g/mol. The van der Waals surface area contributed by atoms with Gasteiger partial charge in [-0.2, -0.15) is 0 Å². The number of carbonyl (C=O) groups is 1. The van der Waals surface area contributed by atoms with Crippen molar-refractivity contribution < 1.29 is 9.53 Å². The molecule has 0 unspecified atom stereocenters. The molecule has 1 aliphatic heterocycles. The van der Waals surface area contributed by atoms with Crippen LogP contribution in [0, 0.1) is 0 Å². The van der Waals surface area contributed by atoms with E-state index in [1.807, 2.05) is 29.6 Å². The van der Waals surface area contributed by atoms with E-state index in [4.69, 9.17) is 4.74 Å². The quantitative estimate of drug-likeness (QED) is 0.916. The fourth-order valence-electron chi connectivity index (χ4n) is 2.05. The monoisotopic (exact) mass is 352 g/mol. The van der Waals surface area contributed by atoms with Crippen molar-refractivity contribution >= 4 is 38.3 Å². The van der Waals surface area contributed by atoms with Gasteiger partial charge in [0.25, 0.3) is 5.91 Å². The number of aromatic nitrogens is 1. The first-order chi connectivity index (χ1) is 9.72. The van der Waals surface area contributed by atoms with Crippen LogP contribution in [0.5, 0.6) is 0 Å². The first kappa shape index (κ1) is 13.7. The molecule has 1 atom stereocenters. The largest absolute Gasteiger partial charge is 0.368 e. The van der Waals surface area contributed by atoms with Crippen molar-refractivity contribution in [1.29, 1.82) is 0 Å². The number of halogens is 1. The van der Waals surface area contributed by atoms with E-state index in [0.29, 0.717) is 11.7 Å². The van der Waals surface area contributed by atoms with Crippen LogP contribution in [0.2, 0.25) is 0 Å². The SMILES string of the molecule is O=C(Nc1nc(-c2ccc(Br)cc2)cs1)[C@H]1CCCO1. The van der Waals surface area contributed by atoms with Crippen molar-refractivity contribution in [3.8, 4) is 11.3 Å². The minimum atomic E-state index is -0.324. The van der Waals surface area contributed by atoms with Gasteiger partial charge in [-0.1, -0.05) is 28.1 Å². The molecule has 1 N–H and O–H groups in total. The molecule has 1 saturated heterocycles. The third-order valence-electron chi connectivity index (χ3n) is 3.10. The lowest BCUT2D eigenvalue weighted by atomic mass is 10.2. The highest BCUT2D eigenvalue weighted by molar-refractivity contribution is 9.10. The summed E-state index contributed by atoms with van der Waals surface area (Å²) in [6.45, 7) is 0.667. The number of nitrogens with zero attached hydrogens (tertiary/aromatic N) is 1. The van der Waals surface area contributed by atoms with Crippen LogP contribution >= 0.6 is 27.3 Å². The molecule has 0 saturated carbocycles. The van der Waals surface area contributed by atoms with Crippen molar-refractivity contribution in [2.24, 2.45) is 0 Å². The first-order valence-corrected chi connectivity index (χ1v) is 8.03. The van der Waals surface area contributed by atoms with Gasteiger partial charge in [-0.3, -0.25) is 10.1 Å². The maximum atomic E-state index is 11.9. The number of amides is 1. The molecule has 20 heavy (non-hydrogen) atoms. The van der Waals surface area contributed by atoms with Crippen LogP contribution in [0.1, 0.15) is 12.8 Å². The Bertz CT molecular complexity index is 606. The molecule has 3 rings (SSSR count). The van der Waals surface area contributed by atoms with Gasteiger partial charge in [0.2, 0.25) is 0 Å². The predicted molar refractivity (Wildman–Crippen MR) is 82.9 cm³/mol. The molecule has 4 nitrogen and oxygen atoms in total. The standard InChI is InChI=1S/C14H13BrN2O2S/c15-10-5-3-9(4-6-10)11-8-20-14(16-11)17-13(18)12-2-1-7-19-12/h3-6,8,12H,1-2,7H2,(H,16,17,18)/t12-/m1/s1. The lowest BCUT2D eigenvalue weighted by Crippen LogP contribution is -2.26. The Labute approximate surface area is 129 Å². The molecule has 6 heteroatoms. The molecule has 0 spiro atoms. The third kappa shape index (κ3) is 3.08. The lowest BCUT2D eigenvalue weighted by molar-refractivity contribution is -0.124. The number of hydrogen-bond donors (Lipinski definition) is 1. The topological polar surface area (TPSA) is 51.2 Å². The minimum absolute atomic E-state index is 0.0980. The number of thiazole rings is 1. The maximum Gasteiger partial charge on any atom is 0.255 e. The summed E-state index contributed by atoms with van der Waals surface area (Å²) in [4.78, 5) is 16.4. The summed E-state index contributed by atoms with van der Waals surface area (Å²) < 4.78 is 6.38. The summed E-state index contributed by atoms with van der Waals surface area (Å²) >= 11 is 4.83. The molecule has 104 valence electrons. The number of ether oxygens (including phenoxy) is 1. The Balaban J connectivity index is 1.70. The van der Waals surface area contributed by atoms with Gasteiger partial charge in [0.1, 0.15) is 6.10 Å². The van der Waals surface area contributed by atoms with Crippen molar-refractivity contribution in [1.82, 2.24) is 4.98 Å². The van der Waals surface area contributed by atoms with Crippen LogP contribution in [-0.2, 0) is 9.53 Å². The van der Waals surface area contributed by atoms with Crippen molar-refractivity contribution in [3.63, 3.8) is 0 Å². The number of benzene rings is 1. The normalized spacial score (nSPS) is 18.1. The molecule has 0 radical (unpaired) electrons. The molecule has 1 aromatic carbocycles. The molecule has 2 aromatic rings. The molecule has 1 fully saturated rings. The van der Waals surface area contributed by atoms with E-state index >= 15 is 0 Å². The fraction of sp³-hybridized carbons (Fsp3) is 0.286. The van der Waals surface area contributed by atoms with Crippen LogP contribution < -0.4 is 5.32 Å². The summed E-state index contributed by atoms with van der Waals surface area (Å²) in [7, 11) is 0. The Kier molecular flexibility index (Phi) is 4.14. The van der Waals surface area contributed by atoms with E-state index in [2.05, 4.69) is 26.2 Å². The summed E-state index contributed by atoms with van der Waals surface area (Å²) in [5.41, 5.74) is 1.90. The predicted octanol–water partition coefficient (Wildman–Crippen LogP) is 3.69. The van der Waals surface area contributed by atoms with Gasteiger partial charge in [-0.15, -0.1) is 11.3 Å². The van der Waals surface area contributed by atoms with Crippen molar-refractivity contribution in [2.45, 2.75) is 18.9 Å². The molecular formula is C14H13BrN2O2S. The number of hydrogen-bond acceptors (Lipinski definition) is 4. The van der Waals surface area contributed by atoms with E-state index in [1.165, 1.54) is 11.3 Å². The average molecular weight is 353 g/mol. The molecule has 0 bridgehead atoms. The Morgan fingerprint density at radius 2 is 2.20 bits per heavy atom. The second-order valence-corrected chi connectivity index (χ2v) is 6.31. The molecule has 1 amide bonds. The van der Waals surface area contributed by atoms with Crippen LogP contribution in [0.25, 0.3) is 11.3 Å². The zero-order chi connectivity index (χ0) is 13.9. The Morgan fingerprint density at radius 3 is 2.90 bits per heavy atom. The van der Waals surface area contributed by atoms with Crippen LogP contribution in [-0.4, -0.2) is 23.6 Å². The summed E-state index contributed by atoms with van der Waals surface area (Å²) in [5, 5.41) is 5.37. The van der Waals surface area contributed by atoms with Gasteiger partial charge in [-0.25, -0.2) is 4.98 Å². The van der Waals surface area contributed by atoms with Crippen LogP contribution in [0.3, 0.4) is 0 Å². The van der Waals surface area contributed by atoms with E-state index in [1.54, 1.807) is 0 Å². The van der Waals surface area contributed by atoms with Crippen LogP contribution in [0.15, 0.2) is 34.1 Å². The average Bonchev–Trinajstić information content (AvgIpc) is 3.10. The van der Waals surface area contributed by atoms with Crippen molar-refractivity contribution in [2.75, 3.05) is 11.9 Å². The van der Waals surface area contributed by atoms with E-state index in [0.717, 1.165) is 28.6 Å². The summed E-state index contributed by atoms with van der Waals surface area (Å²) in [6, 6.07) is 7.92. The fourth-order valence-corrected chi connectivity index (χ4v) is 3.04. The molecule has 2 heterocycles. The molecule has 1 aliphatic rings. The second kappa shape index (κ2) is 6.03. The number of carbonyl (C=O) groups excluding carboxylic acids is 1. The van der Waals surface area contributed by atoms with Gasteiger partial charge in [0.15, 0.2) is 5.13 Å². The zero-order valence-electron chi connectivity index (χ0n) is 10.6. The lowest BCUT2D eigenvalue weighted by Gasteiger charge is -2.07. The van der Waals surface area contributed by atoms with E-state index in [9.17, 15) is 4.79 Å². The van der Waals surface area contributed by atoms with Crippen molar-refractivity contribution in [3.05, 3.63) is 34.1 Å². The highest BCUT2D eigenvalue weighted by atomic mass is 79.9. The summed E-state index contributed by atoms with van der Waals surface area (Å²) in [5.74, 6) is -0.0980. The number of nitrogens with one attached hydrogen (secondary N) is 1. The third-order valence-corrected chi connectivity index (χ3v) is 4.38. The molecule has 1 aromatic heterocycles. The van der Waals surface area contributed by atoms with Gasteiger partial charge in [0.05, 0.1) is 5.69 Å². The van der Waals surface area contributed by atoms with E-state index < -0.39 is 0 Å². The van der Waals surface area contributed by atoms with Gasteiger partial charge < -0.3 is 4.74 Å². The second-order valence-electron chi connectivity index (χ2n) is 4.54. The van der Waals surface area contributed by atoms with Gasteiger partial charge >= 0.3 is 0 Å². The number of anilines is 1. The van der Waals surface area contributed by atoms with Gasteiger partial charge in [0, 0.05) is 22.0 Å².